The van der Waals surface area contributed by atoms with Gasteiger partial charge in [0.15, 0.2) is 0 Å². The first-order chi connectivity index (χ1) is 17.1. The molecule has 2 nitrogen and oxygen atoms in total. The highest BCUT2D eigenvalue weighted by Crippen LogP contribution is 2.46. The van der Waals surface area contributed by atoms with E-state index < -0.39 is 0 Å². The Kier molecular flexibility index (Phi) is 6.06. The molecule has 0 radical (unpaired) electrons. The predicted octanol–water partition coefficient (Wildman–Crippen LogP) is 8.93. The molecule has 5 aromatic carbocycles. The topological polar surface area (TPSA) is 47.7 Å². The SMILES string of the molecule is CC(C)C(c1ccc2c3cccc4cccc(c5c(=N)c(=N)c(C(C(C)C)C(C)C)c1c25)c43)C(C)C. The van der Waals surface area contributed by atoms with Crippen molar-refractivity contribution in [3.8, 4) is 0 Å². The normalized spacial score (nSPS) is 13.1. The van der Waals surface area contributed by atoms with Crippen LogP contribution in [-0.2, 0) is 0 Å². The first-order valence-corrected chi connectivity index (χ1v) is 13.7. The van der Waals surface area contributed by atoms with E-state index in [1.807, 2.05) is 0 Å². The van der Waals surface area contributed by atoms with Crippen LogP contribution in [0.3, 0.4) is 0 Å². The molecule has 0 heterocycles. The molecule has 2 heteroatoms. The minimum absolute atomic E-state index is 0.220. The van der Waals surface area contributed by atoms with E-state index in [4.69, 9.17) is 0 Å². The van der Waals surface area contributed by atoms with Gasteiger partial charge in [0, 0.05) is 10.8 Å². The number of hydrogen-bond donors (Lipinski definition) is 2. The third-order valence-corrected chi connectivity index (χ3v) is 8.56. The molecular weight excluding hydrogens is 436 g/mol. The molecular formula is C34H40N2. The van der Waals surface area contributed by atoms with Gasteiger partial charge >= 0.3 is 0 Å². The summed E-state index contributed by atoms with van der Waals surface area (Å²) in [6, 6.07) is 17.7. The fourth-order valence-electron chi connectivity index (χ4n) is 7.48. The lowest BCUT2D eigenvalue weighted by molar-refractivity contribution is 0.381. The Morgan fingerprint density at radius 3 is 1.56 bits per heavy atom. The zero-order valence-corrected chi connectivity index (χ0v) is 23.1. The van der Waals surface area contributed by atoms with Crippen LogP contribution >= 0.6 is 0 Å². The first-order valence-electron chi connectivity index (χ1n) is 13.7. The molecule has 0 aliphatic carbocycles. The minimum atomic E-state index is 0.220. The minimum Gasteiger partial charge on any atom is -0.298 e. The predicted molar refractivity (Wildman–Crippen MR) is 155 cm³/mol. The third-order valence-electron chi connectivity index (χ3n) is 8.56. The van der Waals surface area contributed by atoms with Crippen LogP contribution in [0.15, 0.2) is 48.5 Å². The van der Waals surface area contributed by atoms with E-state index in [0.29, 0.717) is 40.3 Å². The maximum absolute atomic E-state index is 9.47. The molecule has 0 saturated heterocycles. The number of benzene rings is 5. The summed E-state index contributed by atoms with van der Waals surface area (Å²) in [4.78, 5) is 0. The van der Waals surface area contributed by atoms with Gasteiger partial charge in [-0.1, -0.05) is 104 Å². The number of rotatable bonds is 6. The van der Waals surface area contributed by atoms with Gasteiger partial charge < -0.3 is 0 Å². The highest BCUT2D eigenvalue weighted by molar-refractivity contribution is 6.33. The van der Waals surface area contributed by atoms with E-state index in [-0.39, 0.29) is 5.92 Å². The summed E-state index contributed by atoms with van der Waals surface area (Å²) in [5.74, 6) is 2.33. The maximum atomic E-state index is 9.47. The zero-order valence-electron chi connectivity index (χ0n) is 23.1. The van der Waals surface area contributed by atoms with Crippen molar-refractivity contribution in [2.24, 2.45) is 23.7 Å². The number of hydrogen-bond acceptors (Lipinski definition) is 2. The van der Waals surface area contributed by atoms with E-state index in [1.54, 1.807) is 0 Å². The standard InChI is InChI=1S/C34H40N2/c1-17(2)26(18(3)4)25-16-15-23-22-13-9-11-21-12-10-14-24(28(21)22)31-29(23)30(25)32(34(36)33(31)35)27(19(5)6)20(7)8/h9-20,26-27,35-36H,1-8H3. The van der Waals surface area contributed by atoms with Crippen LogP contribution in [0, 0.1) is 34.5 Å². The van der Waals surface area contributed by atoms with E-state index in [1.165, 1.54) is 37.9 Å². The van der Waals surface area contributed by atoms with Crippen molar-refractivity contribution in [2.45, 2.75) is 67.2 Å². The third kappa shape index (κ3) is 3.44. The molecule has 0 spiro atoms. The average molecular weight is 477 g/mol. The monoisotopic (exact) mass is 476 g/mol. The maximum Gasteiger partial charge on any atom is 0.0877 e. The van der Waals surface area contributed by atoms with E-state index in [0.717, 1.165) is 16.3 Å². The fourth-order valence-corrected chi connectivity index (χ4v) is 7.48. The molecule has 0 bridgehead atoms. The van der Waals surface area contributed by atoms with Crippen LogP contribution in [0.25, 0.3) is 43.1 Å². The van der Waals surface area contributed by atoms with Gasteiger partial charge in [-0.15, -0.1) is 0 Å². The van der Waals surface area contributed by atoms with Gasteiger partial charge in [-0.25, -0.2) is 0 Å². The lowest BCUT2D eigenvalue weighted by Gasteiger charge is -2.32. The lowest BCUT2D eigenvalue weighted by atomic mass is 9.71. The van der Waals surface area contributed by atoms with Crippen molar-refractivity contribution in [1.82, 2.24) is 0 Å². The van der Waals surface area contributed by atoms with Crippen molar-refractivity contribution in [1.29, 1.82) is 10.8 Å². The summed E-state index contributed by atoms with van der Waals surface area (Å²) in [6.07, 6.45) is 0. The summed E-state index contributed by atoms with van der Waals surface area (Å²) in [6.45, 7) is 18.4. The molecule has 0 saturated carbocycles. The molecule has 0 amide bonds. The highest BCUT2D eigenvalue weighted by Gasteiger charge is 2.31. The molecule has 0 aliphatic heterocycles. The highest BCUT2D eigenvalue weighted by atomic mass is 14.5. The van der Waals surface area contributed by atoms with Crippen molar-refractivity contribution >= 4 is 43.1 Å². The van der Waals surface area contributed by atoms with Gasteiger partial charge in [-0.3, -0.25) is 10.8 Å². The Bertz CT molecular complexity index is 1670. The quantitative estimate of drug-likeness (QED) is 0.181. The summed E-state index contributed by atoms with van der Waals surface area (Å²) >= 11 is 0. The zero-order chi connectivity index (χ0) is 26.0. The second kappa shape index (κ2) is 8.83. The van der Waals surface area contributed by atoms with Crippen LogP contribution < -0.4 is 10.7 Å². The molecule has 186 valence electrons. The number of nitrogens with one attached hydrogen (secondary N) is 2. The van der Waals surface area contributed by atoms with Crippen LogP contribution in [0.5, 0.6) is 0 Å². The fraction of sp³-hybridized carbons (Fsp3) is 0.412. The molecule has 0 aliphatic rings. The van der Waals surface area contributed by atoms with Gasteiger partial charge in [0.1, 0.15) is 0 Å². The largest absolute Gasteiger partial charge is 0.298 e. The van der Waals surface area contributed by atoms with Crippen LogP contribution in [0.1, 0.15) is 78.4 Å². The van der Waals surface area contributed by atoms with Crippen molar-refractivity contribution in [3.63, 3.8) is 0 Å². The average Bonchev–Trinajstić information content (AvgIpc) is 2.80. The summed E-state index contributed by atoms with van der Waals surface area (Å²) in [7, 11) is 0. The molecule has 0 atom stereocenters. The smallest absolute Gasteiger partial charge is 0.0877 e. The van der Waals surface area contributed by atoms with Gasteiger partial charge in [-0.05, 0) is 79.0 Å². The molecule has 5 aromatic rings. The molecule has 5 rings (SSSR count). The van der Waals surface area contributed by atoms with Crippen molar-refractivity contribution < 1.29 is 0 Å². The van der Waals surface area contributed by atoms with E-state index >= 15 is 0 Å². The Hall–Kier alpha value is -3.00. The second-order valence-electron chi connectivity index (χ2n) is 12.2. The summed E-state index contributed by atoms with van der Waals surface area (Å²) in [5, 5.41) is 29.1. The van der Waals surface area contributed by atoms with Crippen LogP contribution in [0.4, 0.5) is 0 Å². The molecule has 2 N–H and O–H groups in total. The van der Waals surface area contributed by atoms with Gasteiger partial charge in [-0.2, -0.15) is 0 Å². The molecule has 0 unspecified atom stereocenters. The molecule has 0 fully saturated rings. The van der Waals surface area contributed by atoms with Gasteiger partial charge in [0.05, 0.1) is 10.7 Å². The van der Waals surface area contributed by atoms with Gasteiger partial charge in [0.25, 0.3) is 0 Å². The van der Waals surface area contributed by atoms with Crippen LogP contribution in [-0.4, -0.2) is 0 Å². The first kappa shape index (κ1) is 24.7. The molecule has 0 aromatic heterocycles. The lowest BCUT2D eigenvalue weighted by Crippen LogP contribution is -2.33. The summed E-state index contributed by atoms with van der Waals surface area (Å²) in [5.41, 5.74) is 2.46. The van der Waals surface area contributed by atoms with Crippen molar-refractivity contribution in [3.05, 3.63) is 70.4 Å². The Morgan fingerprint density at radius 1 is 0.472 bits per heavy atom. The molecule has 36 heavy (non-hydrogen) atoms. The van der Waals surface area contributed by atoms with E-state index in [2.05, 4.69) is 104 Å². The Morgan fingerprint density at radius 2 is 1.00 bits per heavy atom. The van der Waals surface area contributed by atoms with Crippen LogP contribution in [0.2, 0.25) is 0 Å². The van der Waals surface area contributed by atoms with Crippen molar-refractivity contribution in [2.75, 3.05) is 0 Å². The Labute approximate surface area is 215 Å². The number of fused-ring (bicyclic) bond motifs is 2. The summed E-state index contributed by atoms with van der Waals surface area (Å²) < 4.78 is 0. The van der Waals surface area contributed by atoms with Gasteiger partial charge in [0.2, 0.25) is 0 Å². The Balaban J connectivity index is 2.16. The second-order valence-corrected chi connectivity index (χ2v) is 12.2. The van der Waals surface area contributed by atoms with E-state index in [9.17, 15) is 10.8 Å².